The quantitative estimate of drug-likeness (QED) is 0.781. The number of benzene rings is 1. The van der Waals surface area contributed by atoms with Crippen LogP contribution in [0.5, 0.6) is 0 Å². The van der Waals surface area contributed by atoms with Crippen LogP contribution < -0.4 is 5.73 Å². The van der Waals surface area contributed by atoms with Crippen molar-refractivity contribution in [2.24, 2.45) is 5.73 Å². The van der Waals surface area contributed by atoms with E-state index in [1.807, 2.05) is 0 Å². The third-order valence-corrected chi connectivity index (χ3v) is 4.64. The van der Waals surface area contributed by atoms with Crippen molar-refractivity contribution < 1.29 is 4.52 Å². The summed E-state index contributed by atoms with van der Waals surface area (Å²) in [5, 5.41) is 9.37. The number of halogens is 2. The summed E-state index contributed by atoms with van der Waals surface area (Å²) in [5.74, 6) is 0.948. The van der Waals surface area contributed by atoms with E-state index in [9.17, 15) is 0 Å². The molecule has 8 heteroatoms. The minimum absolute atomic E-state index is 0.396. The highest BCUT2D eigenvalue weighted by atomic mass is 35.5. The molecule has 3 aromatic rings. The van der Waals surface area contributed by atoms with E-state index in [1.165, 1.54) is 0 Å². The Labute approximate surface area is 142 Å². The van der Waals surface area contributed by atoms with Gasteiger partial charge in [0.15, 0.2) is 5.82 Å². The lowest BCUT2D eigenvalue weighted by Crippen LogP contribution is -2.44. The molecule has 0 amide bonds. The van der Waals surface area contributed by atoms with Gasteiger partial charge in [-0.25, -0.2) is 4.68 Å². The van der Waals surface area contributed by atoms with Gasteiger partial charge in [-0.1, -0.05) is 28.4 Å². The van der Waals surface area contributed by atoms with E-state index in [0.29, 0.717) is 27.3 Å². The van der Waals surface area contributed by atoms with Crippen molar-refractivity contribution in [2.75, 3.05) is 0 Å². The number of rotatable bonds is 3. The Morgan fingerprint density at radius 1 is 1.26 bits per heavy atom. The third-order valence-electron chi connectivity index (χ3n) is 4.10. The van der Waals surface area contributed by atoms with Gasteiger partial charge in [0.1, 0.15) is 0 Å². The Bertz CT molecular complexity index is 868. The van der Waals surface area contributed by atoms with E-state index in [0.717, 1.165) is 24.9 Å². The zero-order valence-corrected chi connectivity index (χ0v) is 13.6. The predicted octanol–water partition coefficient (Wildman–Crippen LogP) is 3.57. The molecule has 0 aliphatic heterocycles. The fraction of sp³-hybridized carbons (Fsp3) is 0.267. The predicted molar refractivity (Wildman–Crippen MR) is 86.6 cm³/mol. The highest BCUT2D eigenvalue weighted by Crippen LogP contribution is 2.37. The summed E-state index contributed by atoms with van der Waals surface area (Å²) >= 11 is 12.1. The molecule has 1 saturated carbocycles. The van der Waals surface area contributed by atoms with Gasteiger partial charge in [0.25, 0.3) is 5.89 Å². The van der Waals surface area contributed by atoms with Crippen molar-refractivity contribution in [1.82, 2.24) is 19.9 Å². The third kappa shape index (κ3) is 2.52. The van der Waals surface area contributed by atoms with E-state index in [2.05, 4.69) is 15.2 Å². The summed E-state index contributed by atoms with van der Waals surface area (Å²) in [6.07, 6.45) is 6.27. The first-order valence-corrected chi connectivity index (χ1v) is 7.94. The molecule has 0 unspecified atom stereocenters. The van der Waals surface area contributed by atoms with Crippen LogP contribution in [0.3, 0.4) is 0 Å². The van der Waals surface area contributed by atoms with E-state index in [-0.39, 0.29) is 0 Å². The molecule has 1 aliphatic carbocycles. The Balaban J connectivity index is 1.65. The zero-order chi connectivity index (χ0) is 16.0. The minimum atomic E-state index is -0.447. The van der Waals surface area contributed by atoms with Crippen molar-refractivity contribution >= 4 is 23.2 Å². The molecule has 1 aliphatic rings. The first-order valence-electron chi connectivity index (χ1n) is 7.19. The van der Waals surface area contributed by atoms with Crippen LogP contribution in [0.4, 0.5) is 0 Å². The van der Waals surface area contributed by atoms with Crippen LogP contribution in [0.15, 0.2) is 35.1 Å². The van der Waals surface area contributed by atoms with Crippen LogP contribution in [0.1, 0.15) is 25.1 Å². The number of hydrogen-bond donors (Lipinski definition) is 1. The molecule has 0 atom stereocenters. The van der Waals surface area contributed by atoms with Gasteiger partial charge in [-0.15, -0.1) is 0 Å². The number of hydrogen-bond acceptors (Lipinski definition) is 5. The largest absolute Gasteiger partial charge is 0.334 e. The Morgan fingerprint density at radius 3 is 2.78 bits per heavy atom. The maximum Gasteiger partial charge on any atom is 0.261 e. The summed E-state index contributed by atoms with van der Waals surface area (Å²) in [4.78, 5) is 4.41. The summed E-state index contributed by atoms with van der Waals surface area (Å²) in [6, 6.07) is 5.22. The summed E-state index contributed by atoms with van der Waals surface area (Å²) in [6.45, 7) is 0. The lowest BCUT2D eigenvalue weighted by atomic mass is 9.77. The van der Waals surface area contributed by atoms with Crippen LogP contribution in [-0.2, 0) is 5.54 Å². The van der Waals surface area contributed by atoms with Gasteiger partial charge in [-0.3, -0.25) is 0 Å². The zero-order valence-electron chi connectivity index (χ0n) is 12.0. The highest BCUT2D eigenvalue weighted by molar-refractivity contribution is 6.35. The Hall–Kier alpha value is -1.89. The number of nitrogens with two attached hydrogens (primary N) is 1. The Kier molecular flexibility index (Phi) is 3.41. The molecule has 2 N–H and O–H groups in total. The molecule has 23 heavy (non-hydrogen) atoms. The van der Waals surface area contributed by atoms with Crippen LogP contribution in [-0.4, -0.2) is 19.9 Å². The van der Waals surface area contributed by atoms with E-state index in [4.69, 9.17) is 33.5 Å². The molecule has 2 heterocycles. The van der Waals surface area contributed by atoms with Gasteiger partial charge in [-0.2, -0.15) is 10.1 Å². The SMILES string of the molecule is NC1(c2noc(-c3cnn(-c4ccc(Cl)cc4Cl)c3)n2)CCC1. The lowest BCUT2D eigenvalue weighted by Gasteiger charge is -2.34. The normalized spacial score (nSPS) is 16.3. The summed E-state index contributed by atoms with van der Waals surface area (Å²) in [5.41, 5.74) is 7.19. The number of nitrogens with zero attached hydrogens (tertiary/aromatic N) is 4. The molecule has 0 bridgehead atoms. The molecule has 118 valence electrons. The molecular weight excluding hydrogens is 337 g/mol. The summed E-state index contributed by atoms with van der Waals surface area (Å²) in [7, 11) is 0. The van der Waals surface area contributed by atoms with Gasteiger partial charge in [0.2, 0.25) is 0 Å². The average molecular weight is 350 g/mol. The lowest BCUT2D eigenvalue weighted by molar-refractivity contribution is 0.229. The van der Waals surface area contributed by atoms with Gasteiger partial charge in [0, 0.05) is 11.2 Å². The van der Waals surface area contributed by atoms with Crippen molar-refractivity contribution in [1.29, 1.82) is 0 Å². The second-order valence-corrected chi connectivity index (χ2v) is 6.55. The van der Waals surface area contributed by atoms with Gasteiger partial charge < -0.3 is 10.3 Å². The first-order chi connectivity index (χ1) is 11.0. The molecular formula is C15H13Cl2N5O. The van der Waals surface area contributed by atoms with Crippen LogP contribution >= 0.6 is 23.2 Å². The second-order valence-electron chi connectivity index (χ2n) is 5.70. The van der Waals surface area contributed by atoms with Gasteiger partial charge in [-0.05, 0) is 37.5 Å². The first kappa shape index (κ1) is 14.7. The molecule has 4 rings (SSSR count). The van der Waals surface area contributed by atoms with Crippen LogP contribution in [0, 0.1) is 0 Å². The number of aromatic nitrogens is 4. The molecule has 6 nitrogen and oxygen atoms in total. The van der Waals surface area contributed by atoms with Crippen molar-refractivity contribution in [2.45, 2.75) is 24.8 Å². The van der Waals surface area contributed by atoms with Crippen LogP contribution in [0.25, 0.3) is 17.1 Å². The fourth-order valence-corrected chi connectivity index (χ4v) is 3.05. The highest BCUT2D eigenvalue weighted by Gasteiger charge is 2.39. The molecule has 1 fully saturated rings. The maximum atomic E-state index is 6.21. The van der Waals surface area contributed by atoms with E-state index in [1.54, 1.807) is 35.3 Å². The average Bonchev–Trinajstić information content (AvgIpc) is 3.13. The molecule has 0 saturated heterocycles. The van der Waals surface area contributed by atoms with Crippen LogP contribution in [0.2, 0.25) is 10.0 Å². The van der Waals surface area contributed by atoms with Gasteiger partial charge in [0.05, 0.1) is 28.0 Å². The topological polar surface area (TPSA) is 82.8 Å². The van der Waals surface area contributed by atoms with E-state index < -0.39 is 5.54 Å². The minimum Gasteiger partial charge on any atom is -0.334 e. The smallest absolute Gasteiger partial charge is 0.261 e. The monoisotopic (exact) mass is 349 g/mol. The second kappa shape index (κ2) is 5.33. The molecule has 0 radical (unpaired) electrons. The van der Waals surface area contributed by atoms with E-state index >= 15 is 0 Å². The standard InChI is InChI=1S/C15H13Cl2N5O/c16-10-2-3-12(11(17)6-10)22-8-9(7-19-22)13-20-14(21-23-13)15(18)4-1-5-15/h2-3,6-8H,1,4-5,18H2. The molecule has 2 aromatic heterocycles. The Morgan fingerprint density at radius 2 is 2.09 bits per heavy atom. The van der Waals surface area contributed by atoms with Crippen molar-refractivity contribution in [3.63, 3.8) is 0 Å². The summed E-state index contributed by atoms with van der Waals surface area (Å²) < 4.78 is 6.96. The van der Waals surface area contributed by atoms with Gasteiger partial charge >= 0.3 is 0 Å². The maximum absolute atomic E-state index is 6.21. The fourth-order valence-electron chi connectivity index (χ4n) is 2.56. The molecule has 1 aromatic carbocycles. The van der Waals surface area contributed by atoms with Crippen molar-refractivity contribution in [3.8, 4) is 17.1 Å². The molecule has 0 spiro atoms. The van der Waals surface area contributed by atoms with Crippen molar-refractivity contribution in [3.05, 3.63) is 46.5 Å².